The first-order valence-corrected chi connectivity index (χ1v) is 13.4. The van der Waals surface area contributed by atoms with Crippen LogP contribution in [-0.2, 0) is 10.0 Å². The zero-order valence-corrected chi connectivity index (χ0v) is 20.3. The van der Waals surface area contributed by atoms with Crippen molar-refractivity contribution in [2.24, 2.45) is 5.92 Å². The van der Waals surface area contributed by atoms with Gasteiger partial charge in [-0.05, 0) is 25.2 Å². The molecule has 14 heteroatoms. The molecule has 2 aliphatic rings. The minimum atomic E-state index is -3.24. The van der Waals surface area contributed by atoms with Crippen LogP contribution in [0.15, 0.2) is 18.6 Å². The van der Waals surface area contributed by atoms with E-state index in [1.807, 2.05) is 6.92 Å². The number of hydrogen-bond acceptors (Lipinski definition) is 8. The predicted molar refractivity (Wildman–Crippen MR) is 124 cm³/mol. The lowest BCUT2D eigenvalue weighted by Crippen LogP contribution is -2.47. The Labute approximate surface area is 201 Å². The van der Waals surface area contributed by atoms with Gasteiger partial charge in [0.25, 0.3) is 0 Å². The van der Waals surface area contributed by atoms with Crippen molar-refractivity contribution in [3.05, 3.63) is 18.6 Å². The third kappa shape index (κ3) is 5.08. The molecule has 11 nitrogen and oxygen atoms in total. The molecule has 1 saturated carbocycles. The van der Waals surface area contributed by atoms with E-state index in [2.05, 4.69) is 30.6 Å². The van der Waals surface area contributed by atoms with Crippen molar-refractivity contribution in [2.45, 2.75) is 57.1 Å². The van der Waals surface area contributed by atoms with Crippen LogP contribution in [0.25, 0.3) is 16.9 Å². The van der Waals surface area contributed by atoms with Gasteiger partial charge in [-0.2, -0.15) is 14.6 Å². The minimum Gasteiger partial charge on any atom is -0.473 e. The number of alkyl halides is 2. The standard InChI is InChI=1S/C21H28F2N8O3S/c1-13-12-30(35(2,32)33)8-5-16(13)27-20-28-17-11-24-18(14-9-25-26-10-14)19(31(17)29-20)34-15-3-6-21(22,23)7-4-15/h9-11,13,15-16H,3-8,12H2,1-2H3,(H,25,26)(H,27,29)/t13-,16+/m1/s1. The Morgan fingerprint density at radius 3 is 2.66 bits per heavy atom. The Balaban J connectivity index is 1.42. The van der Waals surface area contributed by atoms with E-state index in [0.717, 1.165) is 0 Å². The van der Waals surface area contributed by atoms with Gasteiger partial charge in [-0.1, -0.05) is 6.92 Å². The summed E-state index contributed by atoms with van der Waals surface area (Å²) >= 11 is 0. The molecule has 2 atom stereocenters. The van der Waals surface area contributed by atoms with Gasteiger partial charge >= 0.3 is 0 Å². The number of nitrogens with zero attached hydrogens (tertiary/aromatic N) is 6. The maximum Gasteiger partial charge on any atom is 0.248 e. The molecule has 2 fully saturated rings. The second-order valence-corrected chi connectivity index (χ2v) is 11.4. The number of H-pyrrole nitrogens is 1. The van der Waals surface area contributed by atoms with Crippen molar-refractivity contribution in [2.75, 3.05) is 24.7 Å². The number of hydrogen-bond donors (Lipinski definition) is 2. The molecule has 1 aliphatic heterocycles. The molecule has 0 amide bonds. The molecule has 1 aliphatic carbocycles. The first-order chi connectivity index (χ1) is 16.6. The quantitative estimate of drug-likeness (QED) is 0.518. The summed E-state index contributed by atoms with van der Waals surface area (Å²) in [5.74, 6) is -1.93. The average Bonchev–Trinajstić information content (AvgIpc) is 3.46. The van der Waals surface area contributed by atoms with Gasteiger partial charge in [-0.3, -0.25) is 5.10 Å². The molecular weight excluding hydrogens is 482 g/mol. The van der Waals surface area contributed by atoms with Crippen LogP contribution in [0.5, 0.6) is 5.88 Å². The molecule has 3 aromatic heterocycles. The number of piperidine rings is 1. The molecule has 1 saturated heterocycles. The van der Waals surface area contributed by atoms with E-state index in [1.165, 1.54) is 15.1 Å². The summed E-state index contributed by atoms with van der Waals surface area (Å²) in [6, 6.07) is -0.0170. The molecule has 3 aromatic rings. The summed E-state index contributed by atoms with van der Waals surface area (Å²) in [4.78, 5) is 9.03. The first-order valence-electron chi connectivity index (χ1n) is 11.6. The van der Waals surface area contributed by atoms with Gasteiger partial charge in [-0.15, -0.1) is 5.10 Å². The first kappa shape index (κ1) is 23.9. The monoisotopic (exact) mass is 510 g/mol. The Bertz CT molecular complexity index is 1290. The highest BCUT2D eigenvalue weighted by Gasteiger charge is 2.37. The number of sulfonamides is 1. The highest BCUT2D eigenvalue weighted by atomic mass is 32.2. The van der Waals surface area contributed by atoms with Crippen molar-refractivity contribution in [3.8, 4) is 17.1 Å². The Morgan fingerprint density at radius 1 is 1.23 bits per heavy atom. The van der Waals surface area contributed by atoms with Gasteiger partial charge < -0.3 is 10.1 Å². The molecule has 0 bridgehead atoms. The number of nitrogens with one attached hydrogen (secondary N) is 2. The fourth-order valence-electron chi connectivity index (χ4n) is 4.66. The minimum absolute atomic E-state index is 0.0170. The SMILES string of the molecule is C[C@@H]1CN(S(C)(=O)=O)CC[C@@H]1Nc1nc2cnc(-c3cn[nH]c3)c(OC3CCC(F)(F)CC3)n2n1. The van der Waals surface area contributed by atoms with Crippen molar-refractivity contribution in [3.63, 3.8) is 0 Å². The Morgan fingerprint density at radius 2 is 2.00 bits per heavy atom. The van der Waals surface area contributed by atoms with E-state index in [9.17, 15) is 17.2 Å². The van der Waals surface area contributed by atoms with Gasteiger partial charge in [0.05, 0.1) is 18.6 Å². The van der Waals surface area contributed by atoms with E-state index >= 15 is 0 Å². The summed E-state index contributed by atoms with van der Waals surface area (Å²) < 4.78 is 60.3. The Kier molecular flexibility index (Phi) is 6.11. The van der Waals surface area contributed by atoms with E-state index in [-0.39, 0.29) is 37.6 Å². The predicted octanol–water partition coefficient (Wildman–Crippen LogP) is 2.55. The van der Waals surface area contributed by atoms with Crippen molar-refractivity contribution >= 4 is 21.6 Å². The normalized spacial score (nSPS) is 24.0. The molecular formula is C21H28F2N8O3S. The second-order valence-electron chi connectivity index (χ2n) is 9.42. The third-order valence-corrected chi connectivity index (χ3v) is 7.97. The molecule has 190 valence electrons. The second kappa shape index (κ2) is 8.97. The van der Waals surface area contributed by atoms with E-state index < -0.39 is 22.0 Å². The van der Waals surface area contributed by atoms with Crippen LogP contribution in [0.1, 0.15) is 39.0 Å². The molecule has 0 radical (unpaired) electrons. The highest BCUT2D eigenvalue weighted by Crippen LogP contribution is 2.37. The van der Waals surface area contributed by atoms with Crippen LogP contribution in [0, 0.1) is 5.92 Å². The maximum absolute atomic E-state index is 13.7. The lowest BCUT2D eigenvalue weighted by molar-refractivity contribution is -0.0590. The van der Waals surface area contributed by atoms with Gasteiger partial charge in [-0.25, -0.2) is 26.5 Å². The van der Waals surface area contributed by atoms with Gasteiger partial charge in [0.2, 0.25) is 27.8 Å². The lowest BCUT2D eigenvalue weighted by atomic mass is 9.94. The number of aromatic nitrogens is 6. The number of halogens is 2. The van der Waals surface area contributed by atoms with Crippen LogP contribution in [0.4, 0.5) is 14.7 Å². The van der Waals surface area contributed by atoms with E-state index in [1.54, 1.807) is 18.6 Å². The number of ether oxygens (including phenoxy) is 1. The topological polar surface area (TPSA) is 130 Å². The zero-order chi connectivity index (χ0) is 24.8. The summed E-state index contributed by atoms with van der Waals surface area (Å²) in [6.45, 7) is 2.81. The molecule has 0 unspecified atom stereocenters. The van der Waals surface area contributed by atoms with Crippen LogP contribution in [0.3, 0.4) is 0 Å². The molecule has 0 aromatic carbocycles. The maximum atomic E-state index is 13.7. The largest absolute Gasteiger partial charge is 0.473 e. The fraction of sp³-hybridized carbons (Fsp3) is 0.619. The summed E-state index contributed by atoms with van der Waals surface area (Å²) in [6.07, 6.45) is 6.28. The zero-order valence-electron chi connectivity index (χ0n) is 19.5. The molecule has 4 heterocycles. The number of anilines is 1. The summed E-state index contributed by atoms with van der Waals surface area (Å²) in [5.41, 5.74) is 1.60. The van der Waals surface area contributed by atoms with Crippen LogP contribution in [0.2, 0.25) is 0 Å². The Hall–Kier alpha value is -2.87. The van der Waals surface area contributed by atoms with Crippen molar-refractivity contribution in [1.82, 2.24) is 34.1 Å². The van der Waals surface area contributed by atoms with Crippen LogP contribution >= 0.6 is 0 Å². The van der Waals surface area contributed by atoms with Crippen molar-refractivity contribution < 1.29 is 21.9 Å². The van der Waals surface area contributed by atoms with Gasteiger partial charge in [0, 0.05) is 43.7 Å². The lowest BCUT2D eigenvalue weighted by Gasteiger charge is -2.35. The van der Waals surface area contributed by atoms with E-state index in [0.29, 0.717) is 48.2 Å². The molecule has 2 N–H and O–H groups in total. The number of aromatic amines is 1. The third-order valence-electron chi connectivity index (χ3n) is 6.70. The van der Waals surface area contributed by atoms with E-state index in [4.69, 9.17) is 4.74 Å². The summed E-state index contributed by atoms with van der Waals surface area (Å²) in [7, 11) is -3.24. The van der Waals surface area contributed by atoms with Crippen LogP contribution in [-0.4, -0.2) is 79.9 Å². The smallest absolute Gasteiger partial charge is 0.248 e. The highest BCUT2D eigenvalue weighted by molar-refractivity contribution is 7.88. The average molecular weight is 511 g/mol. The van der Waals surface area contributed by atoms with Gasteiger partial charge in [0.1, 0.15) is 11.8 Å². The molecule has 5 rings (SSSR count). The fourth-order valence-corrected chi connectivity index (χ4v) is 5.60. The number of fused-ring (bicyclic) bond motifs is 1. The van der Waals surface area contributed by atoms with Gasteiger partial charge in [0.15, 0.2) is 5.65 Å². The van der Waals surface area contributed by atoms with Crippen LogP contribution < -0.4 is 10.1 Å². The summed E-state index contributed by atoms with van der Waals surface area (Å²) in [5, 5.41) is 14.6. The number of rotatable bonds is 6. The molecule has 35 heavy (non-hydrogen) atoms. The molecule has 0 spiro atoms. The van der Waals surface area contributed by atoms with Crippen molar-refractivity contribution in [1.29, 1.82) is 0 Å².